The second kappa shape index (κ2) is 4.02. The molecular formula is C10H16N4O. The van der Waals surface area contributed by atoms with Gasteiger partial charge in [0.1, 0.15) is 0 Å². The van der Waals surface area contributed by atoms with Crippen LogP contribution in [0.2, 0.25) is 0 Å². The lowest BCUT2D eigenvalue weighted by molar-refractivity contribution is 0.490. The largest absolute Gasteiger partial charge is 0.359 e. The van der Waals surface area contributed by atoms with Gasteiger partial charge in [-0.15, -0.1) is 0 Å². The summed E-state index contributed by atoms with van der Waals surface area (Å²) < 4.78 is 0. The molecular weight excluding hydrogens is 192 g/mol. The maximum atomic E-state index is 11.4. The lowest BCUT2D eigenvalue weighted by atomic mass is 9.98. The Morgan fingerprint density at radius 1 is 1.53 bits per heavy atom. The molecule has 0 atom stereocenters. The second-order valence-electron chi connectivity index (χ2n) is 4.08. The molecule has 2 rings (SSSR count). The molecule has 0 saturated heterocycles. The van der Waals surface area contributed by atoms with Crippen molar-refractivity contribution in [3.05, 3.63) is 22.7 Å². The van der Waals surface area contributed by atoms with E-state index >= 15 is 0 Å². The van der Waals surface area contributed by atoms with Crippen LogP contribution in [-0.4, -0.2) is 22.1 Å². The number of aromatic amines is 1. The predicted octanol–water partition coefficient (Wildman–Crippen LogP) is 0.453. The van der Waals surface area contributed by atoms with Gasteiger partial charge in [-0.25, -0.2) is 4.98 Å². The molecule has 1 fully saturated rings. The summed E-state index contributed by atoms with van der Waals surface area (Å²) in [6.07, 6.45) is 7.45. The van der Waals surface area contributed by atoms with E-state index in [-0.39, 0.29) is 11.1 Å². The first-order valence-corrected chi connectivity index (χ1v) is 5.28. The lowest BCUT2D eigenvalue weighted by Crippen LogP contribution is -2.44. The van der Waals surface area contributed by atoms with Gasteiger partial charge in [-0.1, -0.05) is 12.8 Å². The first-order valence-electron chi connectivity index (χ1n) is 5.28. The Kier molecular flexibility index (Phi) is 2.73. The van der Waals surface area contributed by atoms with Crippen molar-refractivity contribution in [2.24, 2.45) is 5.73 Å². The Balaban J connectivity index is 2.20. The first kappa shape index (κ1) is 10.2. The molecule has 1 saturated carbocycles. The molecule has 0 aliphatic heterocycles. The summed E-state index contributed by atoms with van der Waals surface area (Å²) >= 11 is 0. The topological polar surface area (TPSA) is 83.8 Å². The number of hydrogen-bond acceptors (Lipinski definition) is 4. The van der Waals surface area contributed by atoms with E-state index in [0.29, 0.717) is 12.4 Å². The van der Waals surface area contributed by atoms with Crippen molar-refractivity contribution in [3.8, 4) is 0 Å². The summed E-state index contributed by atoms with van der Waals surface area (Å²) in [4.78, 5) is 18.1. The van der Waals surface area contributed by atoms with Crippen molar-refractivity contribution in [2.45, 2.75) is 31.2 Å². The van der Waals surface area contributed by atoms with Crippen LogP contribution in [0, 0.1) is 0 Å². The minimum Gasteiger partial charge on any atom is -0.359 e. The molecule has 5 nitrogen and oxygen atoms in total. The summed E-state index contributed by atoms with van der Waals surface area (Å²) in [6, 6.07) is 0. The maximum absolute atomic E-state index is 11.4. The van der Waals surface area contributed by atoms with Crippen molar-refractivity contribution in [3.63, 3.8) is 0 Å². The van der Waals surface area contributed by atoms with Gasteiger partial charge in [-0.3, -0.25) is 4.79 Å². The number of nitrogens with two attached hydrogens (primary N) is 1. The molecule has 1 aromatic rings. The SMILES string of the molecule is NCC1(Nc2ncc[nH]c2=O)CCCC1. The van der Waals surface area contributed by atoms with E-state index in [1.54, 1.807) is 6.20 Å². The number of aromatic nitrogens is 2. The molecule has 0 radical (unpaired) electrons. The molecule has 15 heavy (non-hydrogen) atoms. The van der Waals surface area contributed by atoms with E-state index in [1.807, 2.05) is 0 Å². The number of nitrogens with zero attached hydrogens (tertiary/aromatic N) is 1. The molecule has 1 aliphatic rings. The Morgan fingerprint density at radius 3 is 2.87 bits per heavy atom. The van der Waals surface area contributed by atoms with Gasteiger partial charge in [0.2, 0.25) is 0 Å². The molecule has 0 aromatic carbocycles. The summed E-state index contributed by atoms with van der Waals surface area (Å²) in [5, 5.41) is 3.19. The molecule has 1 aliphatic carbocycles. The third kappa shape index (κ3) is 2.02. The Labute approximate surface area is 88.1 Å². The van der Waals surface area contributed by atoms with E-state index in [4.69, 9.17) is 5.73 Å². The van der Waals surface area contributed by atoms with E-state index in [0.717, 1.165) is 25.7 Å². The average molecular weight is 208 g/mol. The molecule has 0 bridgehead atoms. The number of nitrogens with one attached hydrogen (secondary N) is 2. The van der Waals surface area contributed by atoms with Crippen molar-refractivity contribution in [1.29, 1.82) is 0 Å². The van der Waals surface area contributed by atoms with Crippen molar-refractivity contribution < 1.29 is 0 Å². The summed E-state index contributed by atoms with van der Waals surface area (Å²) in [5.74, 6) is 0.379. The summed E-state index contributed by atoms with van der Waals surface area (Å²) in [6.45, 7) is 0.545. The fraction of sp³-hybridized carbons (Fsp3) is 0.600. The molecule has 82 valence electrons. The zero-order valence-electron chi connectivity index (χ0n) is 8.62. The van der Waals surface area contributed by atoms with E-state index in [9.17, 15) is 4.79 Å². The van der Waals surface area contributed by atoms with Crippen LogP contribution < -0.4 is 16.6 Å². The predicted molar refractivity (Wildman–Crippen MR) is 58.7 cm³/mol. The Bertz CT molecular complexity index is 381. The van der Waals surface area contributed by atoms with Crippen LogP contribution in [-0.2, 0) is 0 Å². The summed E-state index contributed by atoms with van der Waals surface area (Å²) in [5.41, 5.74) is 5.46. The van der Waals surface area contributed by atoms with Crippen molar-refractivity contribution in [1.82, 2.24) is 9.97 Å². The smallest absolute Gasteiger partial charge is 0.290 e. The van der Waals surface area contributed by atoms with Crippen LogP contribution in [0.5, 0.6) is 0 Å². The highest BCUT2D eigenvalue weighted by Gasteiger charge is 2.33. The standard InChI is InChI=1S/C10H16N4O/c11-7-10(3-1-2-4-10)14-8-9(15)13-6-5-12-8/h5-6H,1-4,7,11H2,(H,12,14)(H,13,15). The van der Waals surface area contributed by atoms with Crippen LogP contribution in [0.25, 0.3) is 0 Å². The number of H-pyrrole nitrogens is 1. The molecule has 4 N–H and O–H groups in total. The minimum absolute atomic E-state index is 0.124. The molecule has 0 unspecified atom stereocenters. The van der Waals surface area contributed by atoms with Gasteiger partial charge < -0.3 is 16.0 Å². The third-order valence-corrected chi connectivity index (χ3v) is 3.04. The van der Waals surface area contributed by atoms with Gasteiger partial charge in [0, 0.05) is 18.9 Å². The van der Waals surface area contributed by atoms with Crippen molar-refractivity contribution >= 4 is 5.82 Å². The number of hydrogen-bond donors (Lipinski definition) is 3. The normalized spacial score (nSPS) is 19.0. The first-order chi connectivity index (χ1) is 7.26. The number of anilines is 1. The fourth-order valence-electron chi connectivity index (χ4n) is 2.12. The van der Waals surface area contributed by atoms with Gasteiger partial charge >= 0.3 is 0 Å². The molecule has 0 spiro atoms. The highest BCUT2D eigenvalue weighted by atomic mass is 16.1. The van der Waals surface area contributed by atoms with Gasteiger partial charge in [0.15, 0.2) is 5.82 Å². The van der Waals surface area contributed by atoms with Crippen LogP contribution in [0.1, 0.15) is 25.7 Å². The van der Waals surface area contributed by atoms with Crippen LogP contribution in [0.4, 0.5) is 5.82 Å². The zero-order valence-corrected chi connectivity index (χ0v) is 8.62. The van der Waals surface area contributed by atoms with Crippen LogP contribution >= 0.6 is 0 Å². The lowest BCUT2D eigenvalue weighted by Gasteiger charge is -2.28. The van der Waals surface area contributed by atoms with E-state index < -0.39 is 0 Å². The zero-order chi connectivity index (χ0) is 10.7. The van der Waals surface area contributed by atoms with E-state index in [2.05, 4.69) is 15.3 Å². The number of rotatable bonds is 3. The molecule has 5 heteroatoms. The maximum Gasteiger partial charge on any atom is 0.290 e. The van der Waals surface area contributed by atoms with Crippen molar-refractivity contribution in [2.75, 3.05) is 11.9 Å². The third-order valence-electron chi connectivity index (χ3n) is 3.04. The van der Waals surface area contributed by atoms with Gasteiger partial charge in [0.25, 0.3) is 5.56 Å². The monoisotopic (exact) mass is 208 g/mol. The van der Waals surface area contributed by atoms with Crippen LogP contribution in [0.15, 0.2) is 17.2 Å². The quantitative estimate of drug-likeness (QED) is 0.673. The Morgan fingerprint density at radius 2 is 2.27 bits per heavy atom. The fourth-order valence-corrected chi connectivity index (χ4v) is 2.12. The van der Waals surface area contributed by atoms with Gasteiger partial charge in [0.05, 0.1) is 5.54 Å². The molecule has 0 amide bonds. The van der Waals surface area contributed by atoms with Gasteiger partial charge in [-0.2, -0.15) is 0 Å². The van der Waals surface area contributed by atoms with E-state index in [1.165, 1.54) is 6.20 Å². The van der Waals surface area contributed by atoms with Gasteiger partial charge in [-0.05, 0) is 12.8 Å². The highest BCUT2D eigenvalue weighted by molar-refractivity contribution is 5.35. The van der Waals surface area contributed by atoms with Crippen LogP contribution in [0.3, 0.4) is 0 Å². The summed E-state index contributed by atoms with van der Waals surface area (Å²) in [7, 11) is 0. The average Bonchev–Trinajstić information content (AvgIpc) is 2.71. The second-order valence-corrected chi connectivity index (χ2v) is 4.08. The molecule has 1 aromatic heterocycles. The molecule has 1 heterocycles. The Hall–Kier alpha value is -1.36. The minimum atomic E-state index is -0.183. The highest BCUT2D eigenvalue weighted by Crippen LogP contribution is 2.30.